The van der Waals surface area contributed by atoms with Gasteiger partial charge in [0.05, 0.1) is 24.2 Å². The number of amides is 1. The van der Waals surface area contributed by atoms with E-state index in [-0.39, 0.29) is 27.8 Å². The Hall–Kier alpha value is -2.91. The second kappa shape index (κ2) is 8.85. The topological polar surface area (TPSA) is 98.5 Å². The zero-order valence-corrected chi connectivity index (χ0v) is 17.7. The van der Waals surface area contributed by atoms with E-state index in [1.165, 1.54) is 31.4 Å². The predicted octanol–water partition coefficient (Wildman–Crippen LogP) is 4.25. The molecule has 0 radical (unpaired) electrons. The molecule has 1 heterocycles. The summed E-state index contributed by atoms with van der Waals surface area (Å²) in [5, 5.41) is 6.31. The lowest BCUT2D eigenvalue weighted by atomic mass is 10.1. The summed E-state index contributed by atoms with van der Waals surface area (Å²) in [6, 6.07) is 10.00. The van der Waals surface area contributed by atoms with Crippen molar-refractivity contribution in [2.75, 3.05) is 18.2 Å². The number of hydrogen-bond acceptors (Lipinski definition) is 6. The summed E-state index contributed by atoms with van der Waals surface area (Å²) in [5.74, 6) is -1.32. The summed E-state index contributed by atoms with van der Waals surface area (Å²) >= 11 is 5.67. The monoisotopic (exact) mass is 452 g/mol. The Labute approximate surface area is 177 Å². The Kier molecular flexibility index (Phi) is 6.42. The standard InChI is InChI=1S/C20H18ClFN2O5S/c1-12-9-18(29-24-12)13-3-6-17(28-2)19(10-13)30(26,27)8-7-20(25)23-16-5-4-14(21)11-15(16)22/h3-6,9-11H,7-8H2,1-2H3,(H,23,25). The number of halogens is 2. The molecule has 3 rings (SSSR count). The van der Waals surface area contributed by atoms with Gasteiger partial charge in [0.1, 0.15) is 16.5 Å². The van der Waals surface area contributed by atoms with Crippen molar-refractivity contribution >= 4 is 33.0 Å². The van der Waals surface area contributed by atoms with Crippen LogP contribution in [0.4, 0.5) is 10.1 Å². The van der Waals surface area contributed by atoms with E-state index in [0.717, 1.165) is 6.07 Å². The van der Waals surface area contributed by atoms with Gasteiger partial charge in [-0.1, -0.05) is 16.8 Å². The first-order valence-electron chi connectivity index (χ1n) is 8.79. The van der Waals surface area contributed by atoms with Crippen molar-refractivity contribution in [1.82, 2.24) is 5.16 Å². The van der Waals surface area contributed by atoms with Crippen LogP contribution in [0.2, 0.25) is 5.02 Å². The molecule has 0 fully saturated rings. The first-order chi connectivity index (χ1) is 14.2. The first kappa shape index (κ1) is 21.8. The lowest BCUT2D eigenvalue weighted by Gasteiger charge is -2.11. The third-order valence-corrected chi connectivity index (χ3v) is 6.18. The highest BCUT2D eigenvalue weighted by Crippen LogP contribution is 2.31. The molecule has 7 nitrogen and oxygen atoms in total. The average molecular weight is 453 g/mol. The molecule has 0 bridgehead atoms. The Morgan fingerprint density at radius 1 is 1.23 bits per heavy atom. The number of nitrogens with zero attached hydrogens (tertiary/aromatic N) is 1. The second-order valence-electron chi connectivity index (χ2n) is 6.44. The van der Waals surface area contributed by atoms with E-state index < -0.39 is 27.3 Å². The number of carbonyl (C=O) groups is 1. The molecule has 30 heavy (non-hydrogen) atoms. The minimum Gasteiger partial charge on any atom is -0.495 e. The second-order valence-corrected chi connectivity index (χ2v) is 8.95. The van der Waals surface area contributed by atoms with Crippen molar-refractivity contribution in [3.63, 3.8) is 0 Å². The third-order valence-electron chi connectivity index (χ3n) is 4.21. The van der Waals surface area contributed by atoms with Crippen LogP contribution in [0.15, 0.2) is 51.9 Å². The van der Waals surface area contributed by atoms with Crippen LogP contribution in [0.5, 0.6) is 5.75 Å². The molecule has 0 spiro atoms. The van der Waals surface area contributed by atoms with Crippen LogP contribution in [0.25, 0.3) is 11.3 Å². The maximum atomic E-state index is 13.8. The molecule has 0 unspecified atom stereocenters. The summed E-state index contributed by atoms with van der Waals surface area (Å²) in [7, 11) is -2.54. The van der Waals surface area contributed by atoms with Crippen molar-refractivity contribution in [2.24, 2.45) is 0 Å². The van der Waals surface area contributed by atoms with Gasteiger partial charge >= 0.3 is 0 Å². The summed E-state index contributed by atoms with van der Waals surface area (Å²) in [6.45, 7) is 1.75. The van der Waals surface area contributed by atoms with Gasteiger partial charge in [0, 0.05) is 23.1 Å². The van der Waals surface area contributed by atoms with Gasteiger partial charge in [0.25, 0.3) is 0 Å². The van der Waals surface area contributed by atoms with Crippen LogP contribution >= 0.6 is 11.6 Å². The molecule has 1 aromatic heterocycles. The van der Waals surface area contributed by atoms with Gasteiger partial charge < -0.3 is 14.6 Å². The number of aryl methyl sites for hydroxylation is 1. The largest absolute Gasteiger partial charge is 0.495 e. The Morgan fingerprint density at radius 3 is 2.63 bits per heavy atom. The van der Waals surface area contributed by atoms with Crippen molar-refractivity contribution in [1.29, 1.82) is 0 Å². The van der Waals surface area contributed by atoms with E-state index in [2.05, 4.69) is 10.5 Å². The van der Waals surface area contributed by atoms with Crippen molar-refractivity contribution in [3.05, 3.63) is 59.0 Å². The first-order valence-corrected chi connectivity index (χ1v) is 10.8. The number of benzene rings is 2. The van der Waals surface area contributed by atoms with E-state index in [0.29, 0.717) is 17.0 Å². The molecule has 2 aromatic carbocycles. The molecule has 0 aliphatic rings. The van der Waals surface area contributed by atoms with Crippen molar-refractivity contribution in [3.8, 4) is 17.1 Å². The number of sulfone groups is 1. The molecular formula is C20H18ClFN2O5S. The van der Waals surface area contributed by atoms with Crippen molar-refractivity contribution < 1.29 is 26.9 Å². The van der Waals surface area contributed by atoms with Crippen molar-refractivity contribution in [2.45, 2.75) is 18.2 Å². The number of rotatable bonds is 7. The molecule has 3 aromatic rings. The number of nitrogens with one attached hydrogen (secondary N) is 1. The molecule has 0 saturated heterocycles. The molecule has 10 heteroatoms. The fourth-order valence-electron chi connectivity index (χ4n) is 2.71. The van der Waals surface area contributed by atoms with Crippen LogP contribution in [0.1, 0.15) is 12.1 Å². The quantitative estimate of drug-likeness (QED) is 0.575. The third kappa shape index (κ3) is 4.98. The van der Waals surface area contributed by atoms with Gasteiger partial charge in [-0.2, -0.15) is 0 Å². The van der Waals surface area contributed by atoms with Crippen LogP contribution < -0.4 is 10.1 Å². The molecule has 0 saturated carbocycles. The smallest absolute Gasteiger partial charge is 0.225 e. The maximum Gasteiger partial charge on any atom is 0.225 e. The highest BCUT2D eigenvalue weighted by atomic mass is 35.5. The molecule has 158 valence electrons. The van der Waals surface area contributed by atoms with Gasteiger partial charge in [0.15, 0.2) is 15.6 Å². The normalized spacial score (nSPS) is 11.3. The number of aromatic nitrogens is 1. The summed E-state index contributed by atoms with van der Waals surface area (Å²) < 4.78 is 49.9. The van der Waals surface area contributed by atoms with E-state index in [9.17, 15) is 17.6 Å². The molecule has 1 amide bonds. The fourth-order valence-corrected chi connectivity index (χ4v) is 4.31. The lowest BCUT2D eigenvalue weighted by Crippen LogP contribution is -2.18. The van der Waals surface area contributed by atoms with Crippen LogP contribution in [-0.2, 0) is 14.6 Å². The SMILES string of the molecule is COc1ccc(-c2cc(C)no2)cc1S(=O)(=O)CCC(=O)Nc1ccc(Cl)cc1F. The van der Waals surface area contributed by atoms with Crippen LogP contribution in [0, 0.1) is 12.7 Å². The summed E-state index contributed by atoms with van der Waals surface area (Å²) in [6.07, 6.45) is -0.376. The van der Waals surface area contributed by atoms with E-state index in [1.807, 2.05) is 0 Å². The highest BCUT2D eigenvalue weighted by molar-refractivity contribution is 7.91. The van der Waals surface area contributed by atoms with Gasteiger partial charge in [-0.15, -0.1) is 0 Å². The van der Waals surface area contributed by atoms with Gasteiger partial charge in [-0.3, -0.25) is 4.79 Å². The maximum absolute atomic E-state index is 13.8. The van der Waals surface area contributed by atoms with Crippen LogP contribution in [0.3, 0.4) is 0 Å². The summed E-state index contributed by atoms with van der Waals surface area (Å²) in [5.41, 5.74) is 1.07. The minimum absolute atomic E-state index is 0.0814. The summed E-state index contributed by atoms with van der Waals surface area (Å²) in [4.78, 5) is 12.1. The molecule has 0 aliphatic heterocycles. The van der Waals surface area contributed by atoms with E-state index in [1.54, 1.807) is 19.1 Å². The zero-order valence-electron chi connectivity index (χ0n) is 16.1. The molecular weight excluding hydrogens is 435 g/mol. The van der Waals surface area contributed by atoms with Gasteiger partial charge in [0.2, 0.25) is 5.91 Å². The number of hydrogen-bond donors (Lipinski definition) is 1. The number of ether oxygens (including phenoxy) is 1. The lowest BCUT2D eigenvalue weighted by molar-refractivity contribution is -0.115. The van der Waals surface area contributed by atoms with E-state index in [4.69, 9.17) is 20.9 Å². The zero-order chi connectivity index (χ0) is 21.9. The molecule has 0 aliphatic carbocycles. The van der Waals surface area contributed by atoms with Gasteiger partial charge in [-0.05, 0) is 43.3 Å². The number of methoxy groups -OCH3 is 1. The van der Waals surface area contributed by atoms with E-state index >= 15 is 0 Å². The average Bonchev–Trinajstić information content (AvgIpc) is 3.14. The fraction of sp³-hybridized carbons (Fsp3) is 0.200. The molecule has 1 N–H and O–H groups in total. The number of anilines is 1. The minimum atomic E-state index is -3.89. The molecule has 0 atom stereocenters. The predicted molar refractivity (Wildman–Crippen MR) is 110 cm³/mol. The van der Waals surface area contributed by atoms with Gasteiger partial charge in [-0.25, -0.2) is 12.8 Å². The Morgan fingerprint density at radius 2 is 2.00 bits per heavy atom. The Balaban J connectivity index is 1.78. The highest BCUT2D eigenvalue weighted by Gasteiger charge is 2.23. The van der Waals surface area contributed by atoms with Crippen LogP contribution in [-0.4, -0.2) is 32.3 Å². The Bertz CT molecular complexity index is 1190. The number of carbonyl (C=O) groups excluding carboxylic acids is 1.